The zero-order valence-electron chi connectivity index (χ0n) is 17.5. The highest BCUT2D eigenvalue weighted by Crippen LogP contribution is 2.43. The summed E-state index contributed by atoms with van der Waals surface area (Å²) in [4.78, 5) is 16.8. The molecule has 0 radical (unpaired) electrons. The van der Waals surface area contributed by atoms with Gasteiger partial charge in [-0.1, -0.05) is 0 Å². The summed E-state index contributed by atoms with van der Waals surface area (Å²) in [5.74, 6) is 0.659. The highest BCUT2D eigenvalue weighted by Gasteiger charge is 2.51. The average Bonchev–Trinajstić information content (AvgIpc) is 2.95. The van der Waals surface area contributed by atoms with Crippen LogP contribution in [0.15, 0.2) is 41.3 Å². The van der Waals surface area contributed by atoms with Crippen molar-refractivity contribution >= 4 is 46.4 Å². The number of thiocarbonyl (C=S) groups is 1. The van der Waals surface area contributed by atoms with E-state index in [4.69, 9.17) is 22.2 Å². The average molecular weight is 494 g/mol. The molecule has 11 heteroatoms. The molecule has 2 aliphatic rings. The van der Waals surface area contributed by atoms with Crippen LogP contribution in [0, 0.1) is 11.3 Å². The van der Waals surface area contributed by atoms with Crippen molar-refractivity contribution in [2.75, 3.05) is 22.2 Å². The predicted octanol–water partition coefficient (Wildman–Crippen LogP) is 4.34. The van der Waals surface area contributed by atoms with Crippen molar-refractivity contribution < 1.29 is 27.8 Å². The number of hydrogen-bond donors (Lipinski definition) is 1. The van der Waals surface area contributed by atoms with Crippen molar-refractivity contribution in [2.24, 2.45) is 0 Å². The molecule has 0 saturated carbocycles. The molecule has 4 rings (SSSR count). The number of aliphatic hydroxyl groups excluding tert-OH is 1. The highest BCUT2D eigenvalue weighted by atomic mass is 32.2. The molecule has 1 N–H and O–H groups in total. The SMILES string of the molecule is CC1(C)C(=O)N(c2ccc(C#N)c(C(F)(F)F)c2)C(=S)N1c1ccc2c(c1)SCC(CO)O2. The number of aliphatic hydroxyl groups is 1. The first-order valence-corrected chi connectivity index (χ1v) is 11.2. The van der Waals surface area contributed by atoms with Crippen LogP contribution in [0.5, 0.6) is 5.75 Å². The van der Waals surface area contributed by atoms with Gasteiger partial charge in [0.15, 0.2) is 5.11 Å². The molecular formula is C22H18F3N3O3S2. The predicted molar refractivity (Wildman–Crippen MR) is 121 cm³/mol. The van der Waals surface area contributed by atoms with Gasteiger partial charge < -0.3 is 14.7 Å². The molecule has 172 valence electrons. The first-order valence-electron chi connectivity index (χ1n) is 9.83. The zero-order chi connectivity index (χ0) is 24.1. The van der Waals surface area contributed by atoms with Gasteiger partial charge in [-0.15, -0.1) is 11.8 Å². The van der Waals surface area contributed by atoms with Crippen LogP contribution >= 0.6 is 24.0 Å². The summed E-state index contributed by atoms with van der Waals surface area (Å²) >= 11 is 7.05. The van der Waals surface area contributed by atoms with E-state index in [0.717, 1.165) is 21.9 Å². The van der Waals surface area contributed by atoms with E-state index in [2.05, 4.69) is 0 Å². The van der Waals surface area contributed by atoms with Gasteiger partial charge in [-0.3, -0.25) is 9.69 Å². The van der Waals surface area contributed by atoms with Gasteiger partial charge in [0, 0.05) is 11.4 Å². The lowest BCUT2D eigenvalue weighted by molar-refractivity contribution is -0.137. The van der Waals surface area contributed by atoms with Gasteiger partial charge in [0.25, 0.3) is 5.91 Å². The van der Waals surface area contributed by atoms with E-state index >= 15 is 0 Å². The first-order chi connectivity index (χ1) is 15.5. The molecule has 0 aliphatic carbocycles. The minimum absolute atomic E-state index is 0.0257. The van der Waals surface area contributed by atoms with Gasteiger partial charge in [0.2, 0.25) is 0 Å². The van der Waals surface area contributed by atoms with E-state index < -0.39 is 28.7 Å². The number of rotatable bonds is 3. The van der Waals surface area contributed by atoms with E-state index in [-0.39, 0.29) is 23.5 Å². The molecule has 1 unspecified atom stereocenters. The van der Waals surface area contributed by atoms with Crippen LogP contribution in [0.3, 0.4) is 0 Å². The molecule has 1 atom stereocenters. The maximum Gasteiger partial charge on any atom is 0.417 e. The van der Waals surface area contributed by atoms with E-state index in [1.165, 1.54) is 23.9 Å². The number of anilines is 2. The van der Waals surface area contributed by atoms with Crippen LogP contribution in [0.25, 0.3) is 0 Å². The largest absolute Gasteiger partial charge is 0.486 e. The fourth-order valence-corrected chi connectivity index (χ4v) is 5.32. The molecule has 2 heterocycles. The summed E-state index contributed by atoms with van der Waals surface area (Å²) < 4.78 is 46.2. The Bertz CT molecular complexity index is 1190. The second-order valence-corrected chi connectivity index (χ2v) is 9.45. The minimum Gasteiger partial charge on any atom is -0.486 e. The maximum absolute atomic E-state index is 13.5. The van der Waals surface area contributed by atoms with Crippen molar-refractivity contribution in [3.63, 3.8) is 0 Å². The minimum atomic E-state index is -4.76. The van der Waals surface area contributed by atoms with Crippen LogP contribution in [-0.4, -0.2) is 40.1 Å². The van der Waals surface area contributed by atoms with Crippen LogP contribution in [0.1, 0.15) is 25.0 Å². The Morgan fingerprint density at radius 3 is 2.61 bits per heavy atom. The Morgan fingerprint density at radius 1 is 1.27 bits per heavy atom. The van der Waals surface area contributed by atoms with Crippen molar-refractivity contribution in [3.05, 3.63) is 47.5 Å². The monoisotopic (exact) mass is 493 g/mol. The lowest BCUT2D eigenvalue weighted by Crippen LogP contribution is -2.44. The van der Waals surface area contributed by atoms with Crippen molar-refractivity contribution in [2.45, 2.75) is 36.6 Å². The van der Waals surface area contributed by atoms with Gasteiger partial charge in [-0.25, -0.2) is 0 Å². The molecule has 0 aromatic heterocycles. The topological polar surface area (TPSA) is 76.8 Å². The van der Waals surface area contributed by atoms with Crippen LogP contribution in [0.4, 0.5) is 24.5 Å². The normalized spacial score (nSPS) is 19.8. The van der Waals surface area contributed by atoms with E-state index in [1.54, 1.807) is 36.9 Å². The number of amides is 1. The summed E-state index contributed by atoms with van der Waals surface area (Å²) in [7, 11) is 0. The molecule has 0 bridgehead atoms. The number of benzene rings is 2. The molecular weight excluding hydrogens is 475 g/mol. The molecule has 2 aliphatic heterocycles. The number of thioether (sulfide) groups is 1. The highest BCUT2D eigenvalue weighted by molar-refractivity contribution is 7.99. The van der Waals surface area contributed by atoms with Crippen LogP contribution in [-0.2, 0) is 11.0 Å². The summed E-state index contributed by atoms with van der Waals surface area (Å²) in [6.45, 7) is 3.17. The van der Waals surface area contributed by atoms with Gasteiger partial charge in [0.05, 0.1) is 34.4 Å². The first kappa shape index (κ1) is 23.4. The Balaban J connectivity index is 1.74. The molecule has 1 amide bonds. The molecule has 0 spiro atoms. The molecule has 1 fully saturated rings. The van der Waals surface area contributed by atoms with Gasteiger partial charge in [0.1, 0.15) is 17.4 Å². The standard InChI is InChI=1S/C22H18F3N3O3S2/c1-21(2)19(30)27(13-4-3-12(9-26)16(7-13)22(23,24)25)20(32)28(21)14-5-6-17-18(8-14)33-11-15(10-29)31-17/h3-8,15,29H,10-11H2,1-2H3. The third kappa shape index (κ3) is 3.92. The smallest absolute Gasteiger partial charge is 0.417 e. The van der Waals surface area contributed by atoms with E-state index in [1.807, 2.05) is 0 Å². The molecule has 33 heavy (non-hydrogen) atoms. The number of carbonyl (C=O) groups excluding carboxylic acids is 1. The zero-order valence-corrected chi connectivity index (χ0v) is 19.1. The summed E-state index contributed by atoms with van der Waals surface area (Å²) in [5.41, 5.74) is -2.31. The third-order valence-corrected chi connectivity index (χ3v) is 7.00. The third-order valence-electron chi connectivity index (χ3n) is 5.46. The van der Waals surface area contributed by atoms with Crippen molar-refractivity contribution in [1.29, 1.82) is 5.26 Å². The van der Waals surface area contributed by atoms with Crippen molar-refractivity contribution in [1.82, 2.24) is 0 Å². The Labute approximate surface area is 197 Å². The van der Waals surface area contributed by atoms with E-state index in [9.17, 15) is 23.1 Å². The van der Waals surface area contributed by atoms with E-state index in [0.29, 0.717) is 17.2 Å². The number of hydrogen-bond acceptors (Lipinski definition) is 6. The van der Waals surface area contributed by atoms with Gasteiger partial charge >= 0.3 is 6.18 Å². The molecule has 1 saturated heterocycles. The maximum atomic E-state index is 13.5. The van der Waals surface area contributed by atoms with Crippen molar-refractivity contribution in [3.8, 4) is 11.8 Å². The molecule has 6 nitrogen and oxygen atoms in total. The van der Waals surface area contributed by atoms with Crippen LogP contribution in [0.2, 0.25) is 0 Å². The number of halogens is 3. The number of nitriles is 1. The second kappa shape index (κ2) is 8.20. The number of ether oxygens (including phenoxy) is 1. The number of alkyl halides is 3. The lowest BCUT2D eigenvalue weighted by atomic mass is 10.0. The number of carbonyl (C=O) groups is 1. The molecule has 2 aromatic carbocycles. The Hall–Kier alpha value is -2.81. The molecule has 2 aromatic rings. The fourth-order valence-electron chi connectivity index (χ4n) is 3.79. The quantitative estimate of drug-likeness (QED) is 0.638. The Morgan fingerprint density at radius 2 is 1.97 bits per heavy atom. The van der Waals surface area contributed by atoms with Crippen LogP contribution < -0.4 is 14.5 Å². The van der Waals surface area contributed by atoms with Gasteiger partial charge in [-0.05, 0) is 62.5 Å². The number of nitrogens with zero attached hydrogens (tertiary/aromatic N) is 3. The Kier molecular flexibility index (Phi) is 5.80. The summed E-state index contributed by atoms with van der Waals surface area (Å²) in [5, 5.41) is 18.4. The summed E-state index contributed by atoms with van der Waals surface area (Å²) in [6.07, 6.45) is -5.07. The van der Waals surface area contributed by atoms with Gasteiger partial charge in [-0.2, -0.15) is 18.4 Å². The second-order valence-electron chi connectivity index (χ2n) is 8.02. The fraction of sp³-hybridized carbons (Fsp3) is 0.318. The lowest BCUT2D eigenvalue weighted by Gasteiger charge is -2.31. The number of fused-ring (bicyclic) bond motifs is 1. The summed E-state index contributed by atoms with van der Waals surface area (Å²) in [6, 6.07) is 9.85.